The second kappa shape index (κ2) is 6.98. The summed E-state index contributed by atoms with van der Waals surface area (Å²) in [4.78, 5) is 27.6. The summed E-state index contributed by atoms with van der Waals surface area (Å²) < 4.78 is 54.9. The maximum atomic E-state index is 13.3. The first-order valence-corrected chi connectivity index (χ1v) is 9.91. The summed E-state index contributed by atoms with van der Waals surface area (Å²) in [7, 11) is 0. The van der Waals surface area contributed by atoms with Gasteiger partial charge in [0.2, 0.25) is 5.88 Å². The van der Waals surface area contributed by atoms with Gasteiger partial charge < -0.3 is 10.0 Å². The largest absolute Gasteiger partial charge is 0.493 e. The lowest BCUT2D eigenvalue weighted by atomic mass is 10.1. The predicted octanol–water partition coefficient (Wildman–Crippen LogP) is 3.97. The molecule has 0 spiro atoms. The third-order valence-corrected chi connectivity index (χ3v) is 6.14. The van der Waals surface area contributed by atoms with E-state index >= 15 is 0 Å². The average molecular weight is 447 g/mol. The molecule has 166 valence electrons. The lowest BCUT2D eigenvalue weighted by Gasteiger charge is -2.28. The highest BCUT2D eigenvalue weighted by Gasteiger charge is 2.49. The zero-order chi connectivity index (χ0) is 22.8. The number of amides is 1. The van der Waals surface area contributed by atoms with Crippen LogP contribution in [0.1, 0.15) is 45.7 Å². The van der Waals surface area contributed by atoms with Crippen LogP contribution in [0, 0.1) is 0 Å². The normalized spacial score (nSPS) is 19.4. The van der Waals surface area contributed by atoms with E-state index in [1.165, 1.54) is 27.7 Å². The van der Waals surface area contributed by atoms with E-state index < -0.39 is 48.0 Å². The summed E-state index contributed by atoms with van der Waals surface area (Å²) in [5.41, 5.74) is -1.12. The van der Waals surface area contributed by atoms with Gasteiger partial charge in [-0.25, -0.2) is 13.8 Å². The fraction of sp³-hybridized carbons (Fsp3) is 0.273. The molecule has 2 aliphatic rings. The maximum absolute atomic E-state index is 13.3. The van der Waals surface area contributed by atoms with E-state index in [0.717, 1.165) is 22.8 Å². The van der Waals surface area contributed by atoms with Crippen LogP contribution in [-0.2, 0) is 12.9 Å². The number of benzene rings is 2. The molecular formula is C22H17F4N3O3. The Kier molecular flexibility index (Phi) is 4.44. The van der Waals surface area contributed by atoms with Gasteiger partial charge in [-0.1, -0.05) is 24.3 Å². The van der Waals surface area contributed by atoms with E-state index in [2.05, 4.69) is 0 Å². The highest BCUT2D eigenvalue weighted by molar-refractivity contribution is 5.96. The summed E-state index contributed by atoms with van der Waals surface area (Å²) in [5.74, 6) is -0.922. The Morgan fingerprint density at radius 3 is 2.59 bits per heavy atom. The lowest BCUT2D eigenvalue weighted by molar-refractivity contribution is -0.137. The smallest absolute Gasteiger partial charge is 0.416 e. The molecule has 2 unspecified atom stereocenters. The highest BCUT2D eigenvalue weighted by atomic mass is 19.4. The minimum Gasteiger partial charge on any atom is -0.493 e. The van der Waals surface area contributed by atoms with Crippen LogP contribution in [-0.4, -0.2) is 31.6 Å². The monoisotopic (exact) mass is 447 g/mol. The van der Waals surface area contributed by atoms with Crippen molar-refractivity contribution >= 4 is 5.91 Å². The number of alkyl halides is 4. The molecule has 2 aromatic carbocycles. The van der Waals surface area contributed by atoms with E-state index in [1.807, 2.05) is 0 Å². The number of carbonyl (C=O) groups excluding carboxylic acids is 1. The quantitative estimate of drug-likeness (QED) is 0.618. The van der Waals surface area contributed by atoms with Crippen LogP contribution < -0.4 is 5.69 Å². The molecule has 2 aliphatic heterocycles. The molecule has 3 aromatic rings. The van der Waals surface area contributed by atoms with Gasteiger partial charge >= 0.3 is 11.9 Å². The minimum atomic E-state index is -4.61. The number of hydrogen-bond acceptors (Lipinski definition) is 3. The second-order valence-electron chi connectivity index (χ2n) is 7.90. The third-order valence-electron chi connectivity index (χ3n) is 6.14. The molecule has 1 N–H and O–H groups in total. The number of hydrogen-bond donors (Lipinski definition) is 1. The molecule has 0 saturated carbocycles. The van der Waals surface area contributed by atoms with Crippen LogP contribution in [0.3, 0.4) is 0 Å². The predicted molar refractivity (Wildman–Crippen MR) is 105 cm³/mol. The Labute approximate surface area is 178 Å². The van der Waals surface area contributed by atoms with Gasteiger partial charge in [-0.2, -0.15) is 13.2 Å². The van der Waals surface area contributed by atoms with Crippen molar-refractivity contribution in [3.63, 3.8) is 0 Å². The standard InChI is InChI=1S/C22H17F4N3O3/c23-10-12-4-1-2-7-16(12)19(30)27-11-15-9-17(27)18-20(31)29(21(32)28(15)18)14-6-3-5-13(8-14)22(24,25)26/h1-8,15,17,31H,9-11H2. The average Bonchev–Trinajstić information content (AvgIpc) is 3.44. The Morgan fingerprint density at radius 1 is 1.12 bits per heavy atom. The molecule has 1 amide bonds. The fourth-order valence-corrected chi connectivity index (χ4v) is 4.72. The Hall–Kier alpha value is -3.56. The molecule has 5 rings (SSSR count). The summed E-state index contributed by atoms with van der Waals surface area (Å²) in [6.45, 7) is -0.630. The number of likely N-dealkylation sites (tertiary alicyclic amines) is 1. The van der Waals surface area contributed by atoms with Gasteiger partial charge in [-0.15, -0.1) is 0 Å². The molecule has 6 nitrogen and oxygen atoms in total. The van der Waals surface area contributed by atoms with Gasteiger partial charge in [0.25, 0.3) is 5.91 Å². The van der Waals surface area contributed by atoms with Crippen molar-refractivity contribution in [3.8, 4) is 11.6 Å². The first kappa shape index (κ1) is 20.3. The van der Waals surface area contributed by atoms with Crippen molar-refractivity contribution in [2.45, 2.75) is 31.4 Å². The molecule has 10 heteroatoms. The van der Waals surface area contributed by atoms with Crippen molar-refractivity contribution < 1.29 is 27.5 Å². The van der Waals surface area contributed by atoms with Crippen molar-refractivity contribution in [1.29, 1.82) is 0 Å². The highest BCUT2D eigenvalue weighted by Crippen LogP contribution is 2.49. The molecule has 32 heavy (non-hydrogen) atoms. The maximum Gasteiger partial charge on any atom is 0.416 e. The number of aromatic nitrogens is 2. The van der Waals surface area contributed by atoms with Crippen LogP contribution in [0.4, 0.5) is 17.6 Å². The first-order valence-electron chi connectivity index (χ1n) is 9.91. The summed E-state index contributed by atoms with van der Waals surface area (Å²) in [5, 5.41) is 10.8. The van der Waals surface area contributed by atoms with Gasteiger partial charge in [-0.05, 0) is 36.2 Å². The zero-order valence-electron chi connectivity index (χ0n) is 16.5. The Morgan fingerprint density at radius 2 is 1.88 bits per heavy atom. The number of halogens is 4. The molecule has 1 aromatic heterocycles. The van der Waals surface area contributed by atoms with Gasteiger partial charge in [0, 0.05) is 12.1 Å². The molecule has 0 radical (unpaired) electrons. The van der Waals surface area contributed by atoms with Gasteiger partial charge in [0.1, 0.15) is 12.4 Å². The first-order chi connectivity index (χ1) is 15.2. The molecule has 1 fully saturated rings. The topological polar surface area (TPSA) is 67.5 Å². The summed E-state index contributed by atoms with van der Waals surface area (Å²) in [6.07, 6.45) is -4.21. The number of fused-ring (bicyclic) bond motifs is 5. The van der Waals surface area contributed by atoms with E-state index in [9.17, 15) is 32.3 Å². The number of carbonyl (C=O) groups is 1. The fourth-order valence-electron chi connectivity index (χ4n) is 4.72. The van der Waals surface area contributed by atoms with Crippen molar-refractivity contribution in [2.24, 2.45) is 0 Å². The van der Waals surface area contributed by atoms with Crippen LogP contribution >= 0.6 is 0 Å². The van der Waals surface area contributed by atoms with E-state index in [1.54, 1.807) is 12.1 Å². The SMILES string of the molecule is O=C(c1ccccc1CF)N1CC2CC1c1c(O)n(-c3cccc(C(F)(F)F)c3)c(=O)n12. The van der Waals surface area contributed by atoms with E-state index in [-0.39, 0.29) is 29.1 Å². The van der Waals surface area contributed by atoms with E-state index in [0.29, 0.717) is 6.42 Å². The molecule has 0 aliphatic carbocycles. The van der Waals surface area contributed by atoms with Crippen molar-refractivity contribution in [2.75, 3.05) is 6.54 Å². The molecular weight excluding hydrogens is 430 g/mol. The Bertz CT molecular complexity index is 1290. The van der Waals surface area contributed by atoms with Crippen LogP contribution in [0.15, 0.2) is 53.3 Å². The van der Waals surface area contributed by atoms with Crippen molar-refractivity contribution in [1.82, 2.24) is 14.0 Å². The summed E-state index contributed by atoms with van der Waals surface area (Å²) >= 11 is 0. The van der Waals surface area contributed by atoms with Crippen LogP contribution in [0.5, 0.6) is 5.88 Å². The van der Waals surface area contributed by atoms with Crippen LogP contribution in [0.25, 0.3) is 5.69 Å². The second-order valence-corrected chi connectivity index (χ2v) is 7.90. The van der Waals surface area contributed by atoms with Gasteiger partial charge in [0.05, 0.1) is 23.3 Å². The minimum absolute atomic E-state index is 0.121. The number of imidazole rings is 1. The molecule has 2 atom stereocenters. The van der Waals surface area contributed by atoms with Crippen molar-refractivity contribution in [3.05, 3.63) is 81.4 Å². The van der Waals surface area contributed by atoms with Gasteiger partial charge in [0.15, 0.2) is 0 Å². The molecule has 1 saturated heterocycles. The molecule has 3 heterocycles. The number of aromatic hydroxyl groups is 1. The van der Waals surface area contributed by atoms with E-state index in [4.69, 9.17) is 0 Å². The van der Waals surface area contributed by atoms with Crippen LogP contribution in [0.2, 0.25) is 0 Å². The zero-order valence-corrected chi connectivity index (χ0v) is 16.5. The number of nitrogens with zero attached hydrogens (tertiary/aromatic N) is 3. The third kappa shape index (κ3) is 2.85. The number of rotatable bonds is 3. The molecule has 2 bridgehead atoms. The Balaban J connectivity index is 1.56. The summed E-state index contributed by atoms with van der Waals surface area (Å²) in [6, 6.07) is 9.34. The van der Waals surface area contributed by atoms with Gasteiger partial charge in [-0.3, -0.25) is 9.36 Å². The lowest BCUT2D eigenvalue weighted by Crippen LogP contribution is -2.38.